The lowest BCUT2D eigenvalue weighted by molar-refractivity contribution is 0.496. The molecule has 2 nitrogen and oxygen atoms in total. The van der Waals surface area contributed by atoms with Gasteiger partial charge in [-0.1, -0.05) is 42.5 Å². The van der Waals surface area contributed by atoms with E-state index in [0.717, 1.165) is 0 Å². The second-order valence-electron chi connectivity index (χ2n) is 5.46. The Balaban J connectivity index is 1.86. The highest BCUT2D eigenvalue weighted by molar-refractivity contribution is 5.86. The number of aromatic nitrogens is 1. The van der Waals surface area contributed by atoms with Crippen LogP contribution in [-0.2, 0) is 0 Å². The normalized spacial score (nSPS) is 14.0. The molecular weight excluding hydrogens is 256 g/mol. The first-order valence-corrected chi connectivity index (χ1v) is 7.39. The van der Waals surface area contributed by atoms with Crippen LogP contribution in [0.15, 0.2) is 67.0 Å². The summed E-state index contributed by atoms with van der Waals surface area (Å²) in [5, 5.41) is 6.29. The highest BCUT2D eigenvalue weighted by Crippen LogP contribution is 2.26. The van der Waals surface area contributed by atoms with Crippen LogP contribution in [-0.4, -0.2) is 4.98 Å². The van der Waals surface area contributed by atoms with Crippen molar-refractivity contribution in [3.8, 4) is 0 Å². The zero-order chi connectivity index (χ0) is 14.7. The number of hydrogen-bond donors (Lipinski definition) is 1. The first-order valence-electron chi connectivity index (χ1n) is 7.39. The largest absolute Gasteiger partial charge is 0.304 e. The number of fused-ring (bicyclic) bond motifs is 1. The number of nitrogens with one attached hydrogen (secondary N) is 1. The molecule has 0 fully saturated rings. The molecule has 2 heteroatoms. The van der Waals surface area contributed by atoms with Crippen molar-refractivity contribution in [2.24, 2.45) is 0 Å². The van der Waals surface area contributed by atoms with E-state index in [4.69, 9.17) is 0 Å². The number of benzene rings is 2. The molecule has 3 rings (SSSR count). The number of nitrogens with zero attached hydrogens (tertiary/aromatic N) is 1. The van der Waals surface area contributed by atoms with Gasteiger partial charge in [-0.3, -0.25) is 4.98 Å². The SMILES string of the molecule is CC(NC(C)c1cccc2ccccc12)c1ccncc1. The molecule has 0 aliphatic carbocycles. The maximum absolute atomic E-state index is 4.08. The summed E-state index contributed by atoms with van der Waals surface area (Å²) in [6, 6.07) is 19.8. The van der Waals surface area contributed by atoms with E-state index in [0.29, 0.717) is 12.1 Å². The standard InChI is InChI=1S/C19H20N2/c1-14(16-10-12-20-13-11-16)21-15(2)18-9-5-7-17-6-3-4-8-19(17)18/h3-15,21H,1-2H3. The average molecular weight is 276 g/mol. The number of rotatable bonds is 4. The lowest BCUT2D eigenvalue weighted by Crippen LogP contribution is -2.22. The van der Waals surface area contributed by atoms with E-state index in [1.807, 2.05) is 12.4 Å². The van der Waals surface area contributed by atoms with Gasteiger partial charge in [-0.25, -0.2) is 0 Å². The van der Waals surface area contributed by atoms with Crippen molar-refractivity contribution in [2.75, 3.05) is 0 Å². The minimum atomic E-state index is 0.291. The summed E-state index contributed by atoms with van der Waals surface area (Å²) in [6.45, 7) is 4.41. The van der Waals surface area contributed by atoms with Gasteiger partial charge in [0.15, 0.2) is 0 Å². The Morgan fingerprint density at radius 2 is 1.52 bits per heavy atom. The van der Waals surface area contributed by atoms with Crippen molar-refractivity contribution in [2.45, 2.75) is 25.9 Å². The fourth-order valence-electron chi connectivity index (χ4n) is 2.84. The molecule has 21 heavy (non-hydrogen) atoms. The van der Waals surface area contributed by atoms with Crippen molar-refractivity contribution in [3.63, 3.8) is 0 Å². The minimum absolute atomic E-state index is 0.291. The molecule has 0 saturated carbocycles. The molecule has 0 spiro atoms. The maximum Gasteiger partial charge on any atom is 0.0303 e. The van der Waals surface area contributed by atoms with Crippen LogP contribution in [0.4, 0.5) is 0 Å². The molecule has 0 saturated heterocycles. The van der Waals surface area contributed by atoms with Crippen LogP contribution in [0.25, 0.3) is 10.8 Å². The molecule has 2 atom stereocenters. The first kappa shape index (κ1) is 13.8. The third-order valence-corrected chi connectivity index (χ3v) is 4.00. The molecule has 2 unspecified atom stereocenters. The van der Waals surface area contributed by atoms with Crippen molar-refractivity contribution in [3.05, 3.63) is 78.1 Å². The summed E-state index contributed by atoms with van der Waals surface area (Å²) in [6.07, 6.45) is 3.69. The van der Waals surface area contributed by atoms with Crippen LogP contribution in [0.2, 0.25) is 0 Å². The molecule has 0 radical (unpaired) electrons. The Kier molecular flexibility index (Phi) is 3.98. The van der Waals surface area contributed by atoms with Crippen LogP contribution in [0.1, 0.15) is 37.1 Å². The van der Waals surface area contributed by atoms with Crippen LogP contribution in [0.5, 0.6) is 0 Å². The van der Waals surface area contributed by atoms with Crippen molar-refractivity contribution in [1.82, 2.24) is 10.3 Å². The van der Waals surface area contributed by atoms with Gasteiger partial charge < -0.3 is 5.32 Å². The van der Waals surface area contributed by atoms with Crippen molar-refractivity contribution < 1.29 is 0 Å². The minimum Gasteiger partial charge on any atom is -0.304 e. The van der Waals surface area contributed by atoms with Crippen LogP contribution >= 0.6 is 0 Å². The third-order valence-electron chi connectivity index (χ3n) is 4.00. The number of hydrogen-bond acceptors (Lipinski definition) is 2. The Labute approximate surface area is 125 Å². The monoisotopic (exact) mass is 276 g/mol. The molecule has 0 bridgehead atoms. The number of pyridine rings is 1. The van der Waals surface area contributed by atoms with Crippen LogP contribution < -0.4 is 5.32 Å². The van der Waals surface area contributed by atoms with Gasteiger partial charge in [-0.15, -0.1) is 0 Å². The quantitative estimate of drug-likeness (QED) is 0.750. The van der Waals surface area contributed by atoms with E-state index in [2.05, 4.69) is 78.7 Å². The molecule has 3 aromatic rings. The zero-order valence-electron chi connectivity index (χ0n) is 12.5. The summed E-state index contributed by atoms with van der Waals surface area (Å²) in [7, 11) is 0. The lowest BCUT2D eigenvalue weighted by atomic mass is 9.98. The predicted octanol–water partition coefficient (Wildman–Crippen LogP) is 4.65. The summed E-state index contributed by atoms with van der Waals surface area (Å²) in [5.74, 6) is 0. The van der Waals surface area contributed by atoms with Crippen molar-refractivity contribution >= 4 is 10.8 Å². The zero-order valence-corrected chi connectivity index (χ0v) is 12.5. The Hall–Kier alpha value is -2.19. The van der Waals surface area contributed by atoms with Gasteiger partial charge in [0.1, 0.15) is 0 Å². The molecule has 0 amide bonds. The van der Waals surface area contributed by atoms with Gasteiger partial charge in [0.25, 0.3) is 0 Å². The molecular formula is C19H20N2. The Morgan fingerprint density at radius 1 is 0.810 bits per heavy atom. The average Bonchev–Trinajstić information content (AvgIpc) is 2.55. The smallest absolute Gasteiger partial charge is 0.0303 e. The second-order valence-corrected chi connectivity index (χ2v) is 5.46. The Bertz CT molecular complexity index is 716. The summed E-state index contributed by atoms with van der Waals surface area (Å²) in [4.78, 5) is 4.08. The molecule has 0 aliphatic rings. The molecule has 1 N–H and O–H groups in total. The lowest BCUT2D eigenvalue weighted by Gasteiger charge is -2.22. The summed E-state index contributed by atoms with van der Waals surface area (Å²) in [5.41, 5.74) is 2.60. The second kappa shape index (κ2) is 6.06. The summed E-state index contributed by atoms with van der Waals surface area (Å²) < 4.78 is 0. The maximum atomic E-state index is 4.08. The summed E-state index contributed by atoms with van der Waals surface area (Å²) >= 11 is 0. The van der Waals surface area contributed by atoms with Gasteiger partial charge in [-0.05, 0) is 47.9 Å². The Morgan fingerprint density at radius 3 is 2.33 bits per heavy atom. The van der Waals surface area contributed by atoms with E-state index in [-0.39, 0.29) is 0 Å². The van der Waals surface area contributed by atoms with E-state index >= 15 is 0 Å². The van der Waals surface area contributed by atoms with Crippen LogP contribution in [0.3, 0.4) is 0 Å². The highest BCUT2D eigenvalue weighted by atomic mass is 14.9. The van der Waals surface area contributed by atoms with Gasteiger partial charge in [0.05, 0.1) is 0 Å². The highest BCUT2D eigenvalue weighted by Gasteiger charge is 2.13. The topological polar surface area (TPSA) is 24.9 Å². The molecule has 2 aromatic carbocycles. The van der Waals surface area contributed by atoms with Crippen molar-refractivity contribution in [1.29, 1.82) is 0 Å². The van der Waals surface area contributed by atoms with Gasteiger partial charge >= 0.3 is 0 Å². The molecule has 1 aromatic heterocycles. The predicted molar refractivity (Wildman–Crippen MR) is 88.2 cm³/mol. The van der Waals surface area contributed by atoms with E-state index < -0.39 is 0 Å². The van der Waals surface area contributed by atoms with E-state index in [1.54, 1.807) is 0 Å². The van der Waals surface area contributed by atoms with Gasteiger partial charge in [-0.2, -0.15) is 0 Å². The molecule has 0 aliphatic heterocycles. The third kappa shape index (κ3) is 2.96. The first-order chi connectivity index (χ1) is 10.3. The van der Waals surface area contributed by atoms with Gasteiger partial charge in [0, 0.05) is 24.5 Å². The van der Waals surface area contributed by atoms with E-state index in [1.165, 1.54) is 21.9 Å². The fraction of sp³-hybridized carbons (Fsp3) is 0.211. The van der Waals surface area contributed by atoms with Crippen LogP contribution in [0, 0.1) is 0 Å². The van der Waals surface area contributed by atoms with Gasteiger partial charge in [0.2, 0.25) is 0 Å². The molecule has 106 valence electrons. The fourth-order valence-corrected chi connectivity index (χ4v) is 2.84. The molecule has 1 heterocycles. The van der Waals surface area contributed by atoms with E-state index in [9.17, 15) is 0 Å².